The summed E-state index contributed by atoms with van der Waals surface area (Å²) in [6.07, 6.45) is 2.49. The minimum atomic E-state index is 0.0146. The normalized spacial score (nSPS) is 18.7. The maximum Gasteiger partial charge on any atom is 0.247 e. The van der Waals surface area contributed by atoms with Gasteiger partial charge in [0.05, 0.1) is 12.0 Å². The first-order valence-corrected chi connectivity index (χ1v) is 8.22. The number of aromatic nitrogens is 4. The number of anilines is 1. The van der Waals surface area contributed by atoms with Crippen molar-refractivity contribution in [1.29, 1.82) is 0 Å². The molecule has 8 heteroatoms. The van der Waals surface area contributed by atoms with Crippen LogP contribution in [-0.2, 0) is 4.79 Å². The molecular formula is C17H18N6O2. The Morgan fingerprint density at radius 1 is 1.20 bits per heavy atom. The van der Waals surface area contributed by atoms with E-state index in [-0.39, 0.29) is 17.7 Å². The van der Waals surface area contributed by atoms with Crippen LogP contribution >= 0.6 is 0 Å². The molecule has 0 bridgehead atoms. The third-order valence-corrected chi connectivity index (χ3v) is 4.21. The smallest absolute Gasteiger partial charge is 0.247 e. The lowest BCUT2D eigenvalue weighted by atomic mass is 10.2. The van der Waals surface area contributed by atoms with E-state index in [4.69, 9.17) is 4.42 Å². The molecule has 3 aromatic rings. The van der Waals surface area contributed by atoms with Gasteiger partial charge in [0.15, 0.2) is 0 Å². The topological polar surface area (TPSA) is 97.9 Å². The molecule has 2 unspecified atom stereocenters. The minimum Gasteiger partial charge on any atom is -0.469 e. The zero-order valence-electron chi connectivity index (χ0n) is 13.5. The third-order valence-electron chi connectivity index (χ3n) is 4.21. The van der Waals surface area contributed by atoms with Crippen LogP contribution in [0.4, 0.5) is 5.95 Å². The lowest BCUT2D eigenvalue weighted by Gasteiger charge is -2.08. The van der Waals surface area contributed by atoms with Gasteiger partial charge in [0.25, 0.3) is 0 Å². The quantitative estimate of drug-likeness (QED) is 0.635. The van der Waals surface area contributed by atoms with E-state index in [0.717, 1.165) is 17.9 Å². The maximum absolute atomic E-state index is 12.1. The van der Waals surface area contributed by atoms with Gasteiger partial charge in [0.2, 0.25) is 11.9 Å². The van der Waals surface area contributed by atoms with Crippen molar-refractivity contribution in [1.82, 2.24) is 25.5 Å². The summed E-state index contributed by atoms with van der Waals surface area (Å²) in [4.78, 5) is 12.1. The number of carbonyl (C=O) groups is 1. The summed E-state index contributed by atoms with van der Waals surface area (Å²) < 4.78 is 6.97. The number of para-hydroxylation sites is 1. The van der Waals surface area contributed by atoms with Gasteiger partial charge in [0, 0.05) is 24.9 Å². The van der Waals surface area contributed by atoms with Crippen molar-refractivity contribution in [2.75, 3.05) is 18.4 Å². The fraction of sp³-hybridized carbons (Fsp3) is 0.294. The van der Waals surface area contributed by atoms with Crippen molar-refractivity contribution in [3.8, 4) is 5.69 Å². The monoisotopic (exact) mass is 338 g/mol. The molecular weight excluding hydrogens is 320 g/mol. The highest BCUT2D eigenvalue weighted by molar-refractivity contribution is 5.82. The lowest BCUT2D eigenvalue weighted by molar-refractivity contribution is -0.122. The van der Waals surface area contributed by atoms with Crippen LogP contribution in [0.2, 0.25) is 0 Å². The summed E-state index contributed by atoms with van der Waals surface area (Å²) >= 11 is 0. The second-order valence-electron chi connectivity index (χ2n) is 5.93. The third kappa shape index (κ3) is 3.37. The molecule has 128 valence electrons. The van der Waals surface area contributed by atoms with Crippen molar-refractivity contribution < 1.29 is 9.21 Å². The number of hydrogen-bond acceptors (Lipinski definition) is 6. The fourth-order valence-electron chi connectivity index (χ4n) is 2.83. The molecule has 1 aliphatic carbocycles. The Labute approximate surface area is 144 Å². The Bertz CT molecular complexity index is 830. The van der Waals surface area contributed by atoms with Crippen molar-refractivity contribution in [3.63, 3.8) is 0 Å². The van der Waals surface area contributed by atoms with Crippen LogP contribution in [0.5, 0.6) is 0 Å². The fourth-order valence-corrected chi connectivity index (χ4v) is 2.83. The van der Waals surface area contributed by atoms with E-state index in [1.54, 1.807) is 10.9 Å². The Morgan fingerprint density at radius 3 is 2.88 bits per heavy atom. The van der Waals surface area contributed by atoms with Crippen LogP contribution in [0, 0.1) is 5.92 Å². The van der Waals surface area contributed by atoms with Gasteiger partial charge in [0.1, 0.15) is 5.76 Å². The van der Waals surface area contributed by atoms with Crippen molar-refractivity contribution in [2.45, 2.75) is 12.3 Å². The number of amides is 1. The molecule has 0 saturated heterocycles. The first-order valence-electron chi connectivity index (χ1n) is 8.22. The van der Waals surface area contributed by atoms with Gasteiger partial charge in [-0.05, 0) is 41.1 Å². The molecule has 2 atom stereocenters. The van der Waals surface area contributed by atoms with Gasteiger partial charge in [-0.25, -0.2) is 0 Å². The van der Waals surface area contributed by atoms with Crippen LogP contribution in [0.25, 0.3) is 5.69 Å². The number of tetrazole rings is 1. The van der Waals surface area contributed by atoms with E-state index in [1.807, 2.05) is 42.5 Å². The minimum absolute atomic E-state index is 0.0146. The van der Waals surface area contributed by atoms with Crippen molar-refractivity contribution in [3.05, 3.63) is 54.5 Å². The van der Waals surface area contributed by atoms with E-state index >= 15 is 0 Å². The van der Waals surface area contributed by atoms with Gasteiger partial charge in [-0.15, -0.1) is 0 Å². The van der Waals surface area contributed by atoms with Gasteiger partial charge in [-0.3, -0.25) is 4.79 Å². The summed E-state index contributed by atoms with van der Waals surface area (Å²) in [5.74, 6) is 1.72. The second kappa shape index (κ2) is 6.76. The van der Waals surface area contributed by atoms with Crippen LogP contribution in [0.3, 0.4) is 0 Å². The molecule has 0 aliphatic heterocycles. The van der Waals surface area contributed by atoms with Crippen molar-refractivity contribution in [2.24, 2.45) is 5.92 Å². The van der Waals surface area contributed by atoms with Gasteiger partial charge >= 0.3 is 0 Å². The molecule has 25 heavy (non-hydrogen) atoms. The van der Waals surface area contributed by atoms with Crippen molar-refractivity contribution >= 4 is 11.9 Å². The SMILES string of the molecule is O=C(NCCNc1nnnn1-c1ccccc1)C1CC1c1ccco1. The molecule has 1 fully saturated rings. The second-order valence-corrected chi connectivity index (χ2v) is 5.93. The average molecular weight is 338 g/mol. The van der Waals surface area contributed by atoms with E-state index in [0.29, 0.717) is 19.0 Å². The number of benzene rings is 1. The molecule has 1 aromatic carbocycles. The van der Waals surface area contributed by atoms with Crippen LogP contribution < -0.4 is 10.6 Å². The number of nitrogens with one attached hydrogen (secondary N) is 2. The number of rotatable bonds is 7. The molecule has 1 aliphatic rings. The summed E-state index contributed by atoms with van der Waals surface area (Å²) in [6, 6.07) is 13.4. The van der Waals surface area contributed by atoms with E-state index in [1.165, 1.54) is 0 Å². The molecule has 2 N–H and O–H groups in total. The Hall–Kier alpha value is -3.16. The average Bonchev–Trinajstić information content (AvgIpc) is 3.06. The summed E-state index contributed by atoms with van der Waals surface area (Å²) in [5, 5.41) is 17.7. The first-order chi connectivity index (χ1) is 12.3. The Kier molecular flexibility index (Phi) is 4.16. The molecule has 8 nitrogen and oxygen atoms in total. The lowest BCUT2D eigenvalue weighted by Crippen LogP contribution is -2.30. The molecule has 0 spiro atoms. The van der Waals surface area contributed by atoms with Gasteiger partial charge in [-0.2, -0.15) is 4.68 Å². The van der Waals surface area contributed by atoms with Crippen LogP contribution in [0.15, 0.2) is 53.1 Å². The predicted octanol–water partition coefficient (Wildman–Crippen LogP) is 1.59. The largest absolute Gasteiger partial charge is 0.469 e. The highest BCUT2D eigenvalue weighted by atomic mass is 16.3. The Balaban J connectivity index is 1.24. The highest BCUT2D eigenvalue weighted by Gasteiger charge is 2.45. The van der Waals surface area contributed by atoms with Gasteiger partial charge in [-0.1, -0.05) is 23.3 Å². The zero-order valence-corrected chi connectivity index (χ0v) is 13.5. The molecule has 2 heterocycles. The van der Waals surface area contributed by atoms with Crippen LogP contribution in [0.1, 0.15) is 18.1 Å². The molecule has 2 aromatic heterocycles. The number of furan rings is 1. The predicted molar refractivity (Wildman–Crippen MR) is 90.2 cm³/mol. The summed E-state index contributed by atoms with van der Waals surface area (Å²) in [5.41, 5.74) is 0.873. The van der Waals surface area contributed by atoms with E-state index < -0.39 is 0 Å². The van der Waals surface area contributed by atoms with E-state index in [9.17, 15) is 4.79 Å². The zero-order chi connectivity index (χ0) is 17.1. The van der Waals surface area contributed by atoms with Gasteiger partial charge < -0.3 is 15.1 Å². The highest BCUT2D eigenvalue weighted by Crippen LogP contribution is 2.47. The summed E-state index contributed by atoms with van der Waals surface area (Å²) in [6.45, 7) is 1.04. The van der Waals surface area contributed by atoms with E-state index in [2.05, 4.69) is 26.2 Å². The number of nitrogens with zero attached hydrogens (tertiary/aromatic N) is 4. The summed E-state index contributed by atoms with van der Waals surface area (Å²) in [7, 11) is 0. The maximum atomic E-state index is 12.1. The number of hydrogen-bond donors (Lipinski definition) is 2. The molecule has 1 amide bonds. The Morgan fingerprint density at radius 2 is 2.08 bits per heavy atom. The molecule has 1 saturated carbocycles. The molecule has 0 radical (unpaired) electrons. The first kappa shape index (κ1) is 15.4. The standard InChI is InChI=1S/C17H18N6O2/c24-16(14-11-13(14)15-7-4-10-25-15)18-8-9-19-17-20-21-22-23(17)12-5-2-1-3-6-12/h1-7,10,13-14H,8-9,11H2,(H,18,24)(H,19,20,22). The number of carbonyl (C=O) groups excluding carboxylic acids is 1. The van der Waals surface area contributed by atoms with Crippen LogP contribution in [-0.4, -0.2) is 39.2 Å². The molecule has 4 rings (SSSR count).